The molecule has 1 fully saturated rings. The second-order valence-corrected chi connectivity index (χ2v) is 10.5. The molecular formula is C24H31NO6S. The normalized spacial score (nSPS) is 22.3. The molecule has 2 aromatic carbocycles. The molecule has 0 aliphatic carbocycles. The average molecular weight is 462 g/mol. The fraction of sp³-hybridized carbons (Fsp3) is 0.542. The molecule has 8 heteroatoms. The van der Waals surface area contributed by atoms with Gasteiger partial charge in [-0.05, 0) is 35.4 Å². The van der Waals surface area contributed by atoms with Gasteiger partial charge in [-0.1, -0.05) is 45.0 Å². The zero-order chi connectivity index (χ0) is 23.4. The maximum absolute atomic E-state index is 12.7. The topological polar surface area (TPSA) is 83.4 Å². The summed E-state index contributed by atoms with van der Waals surface area (Å²) in [5, 5.41) is 2.07. The first-order valence-electron chi connectivity index (χ1n) is 10.7. The van der Waals surface area contributed by atoms with Crippen molar-refractivity contribution in [2.45, 2.75) is 51.1 Å². The van der Waals surface area contributed by atoms with Crippen LogP contribution in [0.25, 0.3) is 10.8 Å². The van der Waals surface area contributed by atoms with E-state index in [0.717, 1.165) is 34.0 Å². The summed E-state index contributed by atoms with van der Waals surface area (Å²) < 4.78 is 24.9. The lowest BCUT2D eigenvalue weighted by Crippen LogP contribution is -2.49. The van der Waals surface area contributed by atoms with E-state index in [4.69, 9.17) is 18.9 Å². The van der Waals surface area contributed by atoms with Gasteiger partial charge >= 0.3 is 5.97 Å². The fourth-order valence-electron chi connectivity index (χ4n) is 3.60. The van der Waals surface area contributed by atoms with Crippen LogP contribution in [-0.2, 0) is 19.0 Å². The van der Waals surface area contributed by atoms with Crippen molar-refractivity contribution < 1.29 is 23.7 Å². The molecule has 0 aromatic heterocycles. The third-order valence-electron chi connectivity index (χ3n) is 5.66. The summed E-state index contributed by atoms with van der Waals surface area (Å²) in [6.07, 6.45) is 0.0642. The fourth-order valence-corrected chi connectivity index (χ4v) is 4.18. The van der Waals surface area contributed by atoms with Gasteiger partial charge in [0.1, 0.15) is 5.75 Å². The Morgan fingerprint density at radius 3 is 2.47 bits per heavy atom. The molecule has 1 aliphatic heterocycles. The number of esters is 1. The van der Waals surface area contributed by atoms with Crippen LogP contribution >= 0.6 is 11.9 Å². The molecule has 32 heavy (non-hydrogen) atoms. The van der Waals surface area contributed by atoms with E-state index < -0.39 is 10.7 Å². The van der Waals surface area contributed by atoms with Crippen molar-refractivity contribution in [3.8, 4) is 5.75 Å². The third-order valence-corrected chi connectivity index (χ3v) is 6.56. The molecule has 1 atom stereocenters. The van der Waals surface area contributed by atoms with E-state index in [-0.39, 0.29) is 24.3 Å². The summed E-state index contributed by atoms with van der Waals surface area (Å²) in [4.78, 5) is 23.7. The predicted octanol–water partition coefficient (Wildman–Crippen LogP) is 5.46. The first-order valence-corrected chi connectivity index (χ1v) is 11.4. The quantitative estimate of drug-likeness (QED) is 0.293. The summed E-state index contributed by atoms with van der Waals surface area (Å²) >= 11 is 0.891. The lowest BCUT2D eigenvalue weighted by molar-refractivity contribution is -0.236. The van der Waals surface area contributed by atoms with Crippen LogP contribution in [0.4, 0.5) is 0 Å². The molecular weight excluding hydrogens is 430 g/mol. The van der Waals surface area contributed by atoms with E-state index in [1.54, 1.807) is 7.11 Å². The van der Waals surface area contributed by atoms with Gasteiger partial charge in [-0.25, -0.2) is 0 Å². The number of rotatable bonds is 8. The minimum atomic E-state index is -0.658. The molecule has 0 unspecified atom stereocenters. The van der Waals surface area contributed by atoms with Crippen LogP contribution in [0.2, 0.25) is 0 Å². The Hall–Kier alpha value is -2.16. The SMILES string of the molecule is COc1ccc2cc([C@H](C)C(=O)OCCC3(SN=O)COC(C(C)(C)C)OC3)ccc2c1. The molecule has 1 heterocycles. The highest BCUT2D eigenvalue weighted by molar-refractivity contribution is 7.99. The maximum Gasteiger partial charge on any atom is 0.313 e. The zero-order valence-electron chi connectivity index (χ0n) is 19.3. The molecule has 7 nitrogen and oxygen atoms in total. The number of fused-ring (bicyclic) bond motifs is 1. The van der Waals surface area contributed by atoms with Crippen molar-refractivity contribution in [3.05, 3.63) is 46.9 Å². The number of nitrogens with zero attached hydrogens (tertiary/aromatic N) is 1. The Kier molecular flexibility index (Phi) is 7.79. The van der Waals surface area contributed by atoms with E-state index in [1.165, 1.54) is 0 Å². The highest BCUT2D eigenvalue weighted by Crippen LogP contribution is 2.38. The maximum atomic E-state index is 12.7. The van der Waals surface area contributed by atoms with Crippen LogP contribution < -0.4 is 4.74 Å². The molecule has 1 aliphatic rings. The molecule has 0 spiro atoms. The molecule has 0 radical (unpaired) electrons. The standard InChI is InChI=1S/C24H31NO6S/c1-16(17-6-7-19-13-20(28-5)9-8-18(19)12-17)21(26)29-11-10-24(32-25-27)14-30-22(31-15-24)23(2,3)4/h6-9,12-13,16,22H,10-11,14-15H2,1-5H3/t16-,22?,24?/m0/s1. The van der Waals surface area contributed by atoms with E-state index in [1.807, 2.05) is 64.1 Å². The Bertz CT molecular complexity index is 949. The second kappa shape index (κ2) is 10.2. The Morgan fingerprint density at radius 2 is 1.84 bits per heavy atom. The number of hydrogen-bond acceptors (Lipinski definition) is 8. The number of benzene rings is 2. The van der Waals surface area contributed by atoms with Crippen LogP contribution in [0.1, 0.15) is 45.6 Å². The van der Waals surface area contributed by atoms with Gasteiger partial charge in [0.25, 0.3) is 0 Å². The monoisotopic (exact) mass is 461 g/mol. The van der Waals surface area contributed by atoms with Gasteiger partial charge in [0.15, 0.2) is 6.29 Å². The van der Waals surface area contributed by atoms with Crippen LogP contribution in [0.5, 0.6) is 5.75 Å². The second-order valence-electron chi connectivity index (χ2n) is 9.28. The largest absolute Gasteiger partial charge is 0.497 e. The van der Waals surface area contributed by atoms with Gasteiger partial charge in [-0.2, -0.15) is 0 Å². The smallest absolute Gasteiger partial charge is 0.313 e. The Morgan fingerprint density at radius 1 is 1.19 bits per heavy atom. The van der Waals surface area contributed by atoms with Crippen LogP contribution in [0, 0.1) is 10.3 Å². The zero-order valence-corrected chi connectivity index (χ0v) is 20.1. The van der Waals surface area contributed by atoms with Crippen molar-refractivity contribution in [2.75, 3.05) is 26.9 Å². The van der Waals surface area contributed by atoms with E-state index in [0.29, 0.717) is 19.6 Å². The molecule has 0 bridgehead atoms. The average Bonchev–Trinajstić information content (AvgIpc) is 2.77. The van der Waals surface area contributed by atoms with Crippen molar-refractivity contribution >= 4 is 28.7 Å². The van der Waals surface area contributed by atoms with Gasteiger partial charge in [0, 0.05) is 28.4 Å². The first kappa shape index (κ1) is 24.5. The van der Waals surface area contributed by atoms with Gasteiger partial charge in [-0.3, -0.25) is 4.79 Å². The minimum Gasteiger partial charge on any atom is -0.497 e. The van der Waals surface area contributed by atoms with Crippen molar-refractivity contribution in [1.29, 1.82) is 0 Å². The van der Waals surface area contributed by atoms with Gasteiger partial charge in [0.2, 0.25) is 0 Å². The third kappa shape index (κ3) is 5.79. The molecule has 0 N–H and O–H groups in total. The van der Waals surface area contributed by atoms with Gasteiger partial charge < -0.3 is 18.9 Å². The summed E-state index contributed by atoms with van der Waals surface area (Å²) in [7, 11) is 1.63. The molecule has 1 saturated heterocycles. The van der Waals surface area contributed by atoms with Crippen LogP contribution in [0.15, 0.2) is 41.0 Å². The van der Waals surface area contributed by atoms with Crippen LogP contribution in [-0.4, -0.2) is 43.9 Å². The Balaban J connectivity index is 1.58. The number of hydrogen-bond donors (Lipinski definition) is 0. The molecule has 0 saturated carbocycles. The van der Waals surface area contributed by atoms with E-state index >= 15 is 0 Å². The van der Waals surface area contributed by atoms with Gasteiger partial charge in [-0.15, -0.1) is 4.91 Å². The summed E-state index contributed by atoms with van der Waals surface area (Å²) in [6, 6.07) is 11.7. The number of carbonyl (C=O) groups excluding carboxylic acids is 1. The molecule has 2 aromatic rings. The molecule has 174 valence electrons. The summed E-state index contributed by atoms with van der Waals surface area (Å²) in [5.41, 5.74) is 0.710. The molecule has 3 rings (SSSR count). The minimum absolute atomic E-state index is 0.156. The van der Waals surface area contributed by atoms with E-state index in [2.05, 4.69) is 4.58 Å². The highest BCUT2D eigenvalue weighted by Gasteiger charge is 2.42. The van der Waals surface area contributed by atoms with Crippen molar-refractivity contribution in [1.82, 2.24) is 0 Å². The number of ether oxygens (including phenoxy) is 4. The van der Waals surface area contributed by atoms with Crippen molar-refractivity contribution in [3.63, 3.8) is 0 Å². The predicted molar refractivity (Wildman–Crippen MR) is 126 cm³/mol. The highest BCUT2D eigenvalue weighted by atomic mass is 32.2. The van der Waals surface area contributed by atoms with Crippen molar-refractivity contribution in [2.24, 2.45) is 10.00 Å². The lowest BCUT2D eigenvalue weighted by atomic mass is 9.94. The lowest BCUT2D eigenvalue weighted by Gasteiger charge is -2.41. The first-order chi connectivity index (χ1) is 15.2. The number of methoxy groups -OCH3 is 1. The molecule has 0 amide bonds. The van der Waals surface area contributed by atoms with Crippen LogP contribution in [0.3, 0.4) is 0 Å². The summed E-state index contributed by atoms with van der Waals surface area (Å²) in [6.45, 7) is 8.69. The van der Waals surface area contributed by atoms with E-state index in [9.17, 15) is 9.70 Å². The Labute approximate surface area is 193 Å². The summed E-state index contributed by atoms with van der Waals surface area (Å²) in [5.74, 6) is 0.0551. The number of carbonyl (C=O) groups is 1. The van der Waals surface area contributed by atoms with Gasteiger partial charge in [0.05, 0.1) is 37.6 Å². The number of nitroso groups, excluding NO2 is 1.